The zero-order valence-electron chi connectivity index (χ0n) is 23.6. The molecular formula is C30H34Cl2FN3O5S. The van der Waals surface area contributed by atoms with E-state index >= 15 is 0 Å². The number of carbonyl (C=O) groups excluding carboxylic acids is 2. The Morgan fingerprint density at radius 1 is 0.976 bits per heavy atom. The fourth-order valence-corrected chi connectivity index (χ4v) is 6.04. The van der Waals surface area contributed by atoms with Gasteiger partial charge >= 0.3 is 0 Å². The number of ether oxygens (including phenoxy) is 1. The Kier molecular flexibility index (Phi) is 12.0. The van der Waals surface area contributed by atoms with Crippen LogP contribution in [-0.4, -0.2) is 50.9 Å². The Labute approximate surface area is 256 Å². The number of nitrogens with one attached hydrogen (secondary N) is 1. The maximum absolute atomic E-state index is 14.0. The predicted octanol–water partition coefficient (Wildman–Crippen LogP) is 6.06. The first-order chi connectivity index (χ1) is 20.0. The molecule has 0 aliphatic carbocycles. The Balaban J connectivity index is 2.03. The molecule has 3 aromatic carbocycles. The standard InChI is InChI=1S/C30H34Cl2FN3O5S/c1-4-6-18-34-30(38)21(3)35(19-26-27(31)8-7-9-28(26)32)29(37)20-36(23-12-10-22(33)11-13-23)42(39,40)25-16-14-24(15-17-25)41-5-2/h7-17,21H,4-6,18-20H2,1-3H3,(H,34,38). The summed E-state index contributed by atoms with van der Waals surface area (Å²) in [4.78, 5) is 28.2. The van der Waals surface area contributed by atoms with E-state index in [-0.39, 0.29) is 27.2 Å². The summed E-state index contributed by atoms with van der Waals surface area (Å²) in [5.74, 6) is -1.20. The van der Waals surface area contributed by atoms with Gasteiger partial charge in [-0.15, -0.1) is 0 Å². The number of halogens is 3. The van der Waals surface area contributed by atoms with Crippen LogP contribution < -0.4 is 14.4 Å². The van der Waals surface area contributed by atoms with Gasteiger partial charge in [0.25, 0.3) is 10.0 Å². The highest BCUT2D eigenvalue weighted by atomic mass is 35.5. The number of unbranched alkanes of at least 4 members (excludes halogenated alkanes) is 1. The zero-order chi connectivity index (χ0) is 30.9. The molecule has 0 saturated heterocycles. The van der Waals surface area contributed by atoms with Gasteiger partial charge in [-0.3, -0.25) is 13.9 Å². The minimum Gasteiger partial charge on any atom is -0.494 e. The molecule has 0 fully saturated rings. The number of hydrogen-bond acceptors (Lipinski definition) is 5. The highest BCUT2D eigenvalue weighted by molar-refractivity contribution is 7.92. The lowest BCUT2D eigenvalue weighted by Crippen LogP contribution is -2.51. The molecular weight excluding hydrogens is 604 g/mol. The van der Waals surface area contributed by atoms with Crippen LogP contribution in [0.15, 0.2) is 71.6 Å². The van der Waals surface area contributed by atoms with E-state index in [4.69, 9.17) is 27.9 Å². The summed E-state index contributed by atoms with van der Waals surface area (Å²) in [6.07, 6.45) is 1.62. The van der Waals surface area contributed by atoms with Gasteiger partial charge < -0.3 is 15.0 Å². The quantitative estimate of drug-likeness (QED) is 0.217. The Morgan fingerprint density at radius 3 is 2.17 bits per heavy atom. The molecule has 226 valence electrons. The van der Waals surface area contributed by atoms with Crippen molar-refractivity contribution in [3.05, 3.63) is 88.2 Å². The van der Waals surface area contributed by atoms with E-state index in [0.717, 1.165) is 29.3 Å². The minimum atomic E-state index is -4.32. The third-order valence-corrected chi connectivity index (χ3v) is 9.00. The second-order valence-corrected chi connectivity index (χ2v) is 12.1. The van der Waals surface area contributed by atoms with Crippen LogP contribution in [0.4, 0.5) is 10.1 Å². The van der Waals surface area contributed by atoms with Gasteiger partial charge in [0.2, 0.25) is 11.8 Å². The first-order valence-corrected chi connectivity index (χ1v) is 15.7. The van der Waals surface area contributed by atoms with Gasteiger partial charge in [0.15, 0.2) is 0 Å². The van der Waals surface area contributed by atoms with Crippen molar-refractivity contribution in [1.82, 2.24) is 10.2 Å². The van der Waals surface area contributed by atoms with E-state index in [0.29, 0.717) is 24.5 Å². The van der Waals surface area contributed by atoms with E-state index in [2.05, 4.69) is 5.32 Å². The fraction of sp³-hybridized carbons (Fsp3) is 0.333. The van der Waals surface area contributed by atoms with Crippen molar-refractivity contribution >= 4 is 50.7 Å². The maximum Gasteiger partial charge on any atom is 0.264 e. The number of amides is 2. The fourth-order valence-electron chi connectivity index (χ4n) is 4.11. The molecule has 42 heavy (non-hydrogen) atoms. The van der Waals surface area contributed by atoms with Crippen LogP contribution in [0.5, 0.6) is 5.75 Å². The predicted molar refractivity (Wildman–Crippen MR) is 163 cm³/mol. The molecule has 1 unspecified atom stereocenters. The average Bonchev–Trinajstić information content (AvgIpc) is 2.96. The number of nitrogens with zero attached hydrogens (tertiary/aromatic N) is 2. The first kappa shape index (κ1) is 33.2. The first-order valence-electron chi connectivity index (χ1n) is 13.5. The van der Waals surface area contributed by atoms with E-state index in [1.807, 2.05) is 6.92 Å². The van der Waals surface area contributed by atoms with Gasteiger partial charge in [-0.05, 0) is 80.9 Å². The van der Waals surface area contributed by atoms with E-state index in [1.54, 1.807) is 32.0 Å². The molecule has 0 heterocycles. The lowest BCUT2D eigenvalue weighted by molar-refractivity contribution is -0.139. The van der Waals surface area contributed by atoms with Crippen molar-refractivity contribution in [2.75, 3.05) is 24.0 Å². The molecule has 1 N–H and O–H groups in total. The number of carbonyl (C=O) groups is 2. The van der Waals surface area contributed by atoms with Crippen LogP contribution in [0.2, 0.25) is 10.0 Å². The van der Waals surface area contributed by atoms with Gasteiger partial charge in [-0.25, -0.2) is 12.8 Å². The van der Waals surface area contributed by atoms with Gasteiger partial charge in [0.05, 0.1) is 17.2 Å². The Bertz CT molecular complexity index is 1450. The van der Waals surface area contributed by atoms with Crippen molar-refractivity contribution in [3.8, 4) is 5.75 Å². The summed E-state index contributed by atoms with van der Waals surface area (Å²) < 4.78 is 47.9. The molecule has 3 aromatic rings. The largest absolute Gasteiger partial charge is 0.494 e. The maximum atomic E-state index is 14.0. The summed E-state index contributed by atoms with van der Waals surface area (Å²) in [5.41, 5.74) is 0.472. The zero-order valence-corrected chi connectivity index (χ0v) is 26.0. The third kappa shape index (κ3) is 8.36. The highest BCUT2D eigenvalue weighted by Crippen LogP contribution is 2.29. The smallest absolute Gasteiger partial charge is 0.264 e. The lowest BCUT2D eigenvalue weighted by Gasteiger charge is -2.32. The molecule has 0 radical (unpaired) electrons. The number of benzene rings is 3. The SMILES string of the molecule is CCCCNC(=O)C(C)N(Cc1c(Cl)cccc1Cl)C(=O)CN(c1ccc(F)cc1)S(=O)(=O)c1ccc(OCC)cc1. The van der Waals surface area contributed by atoms with E-state index in [1.165, 1.54) is 41.3 Å². The number of anilines is 1. The van der Waals surface area contributed by atoms with Crippen molar-refractivity contribution in [3.63, 3.8) is 0 Å². The van der Waals surface area contributed by atoms with Gasteiger partial charge in [-0.1, -0.05) is 42.6 Å². The normalized spacial score (nSPS) is 12.0. The van der Waals surface area contributed by atoms with Crippen molar-refractivity contribution < 1.29 is 27.1 Å². The molecule has 0 bridgehead atoms. The minimum absolute atomic E-state index is 0.0643. The van der Waals surface area contributed by atoms with Gasteiger partial charge in [0.1, 0.15) is 24.2 Å². The topological polar surface area (TPSA) is 96.0 Å². The van der Waals surface area contributed by atoms with Crippen LogP contribution >= 0.6 is 23.2 Å². The highest BCUT2D eigenvalue weighted by Gasteiger charge is 2.33. The summed E-state index contributed by atoms with van der Waals surface area (Å²) in [7, 11) is -4.32. The van der Waals surface area contributed by atoms with Crippen LogP contribution in [0, 0.1) is 5.82 Å². The van der Waals surface area contributed by atoms with Crippen molar-refractivity contribution in [1.29, 1.82) is 0 Å². The molecule has 0 aliphatic rings. The molecule has 12 heteroatoms. The molecule has 2 amide bonds. The molecule has 1 atom stereocenters. The monoisotopic (exact) mass is 637 g/mol. The summed E-state index contributed by atoms with van der Waals surface area (Å²) in [5, 5.41) is 3.39. The second-order valence-electron chi connectivity index (χ2n) is 9.43. The molecule has 0 saturated carbocycles. The van der Waals surface area contributed by atoms with E-state index in [9.17, 15) is 22.4 Å². The number of rotatable bonds is 14. The van der Waals surface area contributed by atoms with Gasteiger partial charge in [0, 0.05) is 28.7 Å². The number of hydrogen-bond donors (Lipinski definition) is 1. The second kappa shape index (κ2) is 15.2. The van der Waals surface area contributed by atoms with Gasteiger partial charge in [-0.2, -0.15) is 0 Å². The third-order valence-electron chi connectivity index (χ3n) is 6.50. The van der Waals surface area contributed by atoms with E-state index < -0.39 is 40.2 Å². The van der Waals surface area contributed by atoms with Crippen molar-refractivity contribution in [2.45, 2.75) is 51.1 Å². The lowest BCUT2D eigenvalue weighted by atomic mass is 10.1. The molecule has 0 spiro atoms. The Morgan fingerprint density at radius 2 is 1.60 bits per heavy atom. The number of sulfonamides is 1. The molecule has 0 aromatic heterocycles. The van der Waals surface area contributed by atoms with Crippen LogP contribution in [0.3, 0.4) is 0 Å². The average molecular weight is 639 g/mol. The molecule has 0 aliphatic heterocycles. The van der Waals surface area contributed by atoms with Crippen LogP contribution in [0.1, 0.15) is 39.2 Å². The summed E-state index contributed by atoms with van der Waals surface area (Å²) in [6.45, 7) is 5.32. The van der Waals surface area contributed by atoms with Crippen molar-refractivity contribution in [2.24, 2.45) is 0 Å². The summed E-state index contributed by atoms with van der Waals surface area (Å²) in [6, 6.07) is 14.4. The summed E-state index contributed by atoms with van der Waals surface area (Å²) >= 11 is 12.8. The van der Waals surface area contributed by atoms with Crippen LogP contribution in [0.25, 0.3) is 0 Å². The molecule has 8 nitrogen and oxygen atoms in total. The molecule has 3 rings (SSSR count). The Hall–Kier alpha value is -3.34. The van der Waals surface area contributed by atoms with Crippen LogP contribution in [-0.2, 0) is 26.2 Å².